The average Bonchev–Trinajstić information content (AvgIpc) is 2.55. The van der Waals surface area contributed by atoms with E-state index in [4.69, 9.17) is 14.6 Å². The normalized spacial score (nSPS) is 10.3. The lowest BCUT2D eigenvalue weighted by molar-refractivity contribution is 0.0696. The summed E-state index contributed by atoms with van der Waals surface area (Å²) in [6.45, 7) is 3.16. The highest BCUT2D eigenvalue weighted by atomic mass is 16.5. The van der Waals surface area contributed by atoms with Crippen LogP contribution in [-0.2, 0) is 6.61 Å². The number of benzene rings is 2. The van der Waals surface area contributed by atoms with Gasteiger partial charge in [0.15, 0.2) is 5.78 Å². The van der Waals surface area contributed by atoms with Gasteiger partial charge in [-0.2, -0.15) is 0 Å². The summed E-state index contributed by atoms with van der Waals surface area (Å²) in [4.78, 5) is 22.4. The van der Waals surface area contributed by atoms with Crippen LogP contribution < -0.4 is 9.47 Å². The predicted molar refractivity (Wildman–Crippen MR) is 87.1 cm³/mol. The highest BCUT2D eigenvalue weighted by Gasteiger charge is 2.14. The van der Waals surface area contributed by atoms with E-state index >= 15 is 0 Å². The molecule has 0 fully saturated rings. The van der Waals surface area contributed by atoms with Crippen LogP contribution in [0.5, 0.6) is 17.2 Å². The molecule has 2 N–H and O–H groups in total. The summed E-state index contributed by atoms with van der Waals surface area (Å²) in [6, 6.07) is 7.62. The van der Waals surface area contributed by atoms with Gasteiger partial charge in [0.05, 0.1) is 18.2 Å². The van der Waals surface area contributed by atoms with Crippen molar-refractivity contribution in [1.82, 2.24) is 0 Å². The lowest BCUT2D eigenvalue weighted by atomic mass is 10.1. The molecule has 0 saturated heterocycles. The lowest BCUT2D eigenvalue weighted by Gasteiger charge is -2.14. The number of Topliss-reactive ketones (excluding diaryl/α,β-unsaturated/α-hetero) is 1. The fourth-order valence-electron chi connectivity index (χ4n) is 2.27. The van der Waals surface area contributed by atoms with E-state index in [9.17, 15) is 14.7 Å². The number of hydrogen-bond acceptors (Lipinski definition) is 5. The second kappa shape index (κ2) is 7.04. The molecule has 0 bridgehead atoms. The molecule has 0 aliphatic heterocycles. The van der Waals surface area contributed by atoms with Crippen LogP contribution in [0.1, 0.15) is 38.8 Å². The van der Waals surface area contributed by atoms with Gasteiger partial charge in [-0.25, -0.2) is 4.79 Å². The third-order valence-electron chi connectivity index (χ3n) is 3.68. The Hall–Kier alpha value is -3.02. The highest BCUT2D eigenvalue weighted by molar-refractivity contribution is 5.97. The van der Waals surface area contributed by atoms with Crippen LogP contribution >= 0.6 is 0 Å². The van der Waals surface area contributed by atoms with Crippen molar-refractivity contribution >= 4 is 11.8 Å². The highest BCUT2D eigenvalue weighted by Crippen LogP contribution is 2.32. The minimum Gasteiger partial charge on any atom is -0.507 e. The number of aromatic carboxylic acids is 1. The Labute approximate surface area is 139 Å². The van der Waals surface area contributed by atoms with E-state index in [1.165, 1.54) is 32.2 Å². The number of carbonyl (C=O) groups is 2. The molecule has 126 valence electrons. The van der Waals surface area contributed by atoms with E-state index in [-0.39, 0.29) is 29.3 Å². The number of phenols is 1. The van der Waals surface area contributed by atoms with Gasteiger partial charge in [0.1, 0.15) is 23.9 Å². The van der Waals surface area contributed by atoms with Crippen LogP contribution in [0.25, 0.3) is 0 Å². The van der Waals surface area contributed by atoms with E-state index < -0.39 is 5.97 Å². The second-order valence-electron chi connectivity index (χ2n) is 5.26. The summed E-state index contributed by atoms with van der Waals surface area (Å²) in [5.74, 6) is -0.540. The van der Waals surface area contributed by atoms with Gasteiger partial charge in [0.2, 0.25) is 0 Å². The molecule has 24 heavy (non-hydrogen) atoms. The van der Waals surface area contributed by atoms with Crippen LogP contribution in [0.3, 0.4) is 0 Å². The minimum absolute atomic E-state index is 0.104. The zero-order chi connectivity index (χ0) is 17.9. The third-order valence-corrected chi connectivity index (χ3v) is 3.68. The van der Waals surface area contributed by atoms with Crippen molar-refractivity contribution in [2.45, 2.75) is 20.5 Å². The molecular formula is C18H18O6. The van der Waals surface area contributed by atoms with Crippen LogP contribution in [0.4, 0.5) is 0 Å². The molecule has 0 aromatic heterocycles. The van der Waals surface area contributed by atoms with E-state index in [1.54, 1.807) is 19.1 Å². The van der Waals surface area contributed by atoms with Gasteiger partial charge in [0, 0.05) is 11.1 Å². The van der Waals surface area contributed by atoms with Crippen molar-refractivity contribution in [3.05, 3.63) is 52.6 Å². The maximum Gasteiger partial charge on any atom is 0.335 e. The topological polar surface area (TPSA) is 93.1 Å². The van der Waals surface area contributed by atoms with Crippen LogP contribution in [0.2, 0.25) is 0 Å². The molecular weight excluding hydrogens is 312 g/mol. The van der Waals surface area contributed by atoms with E-state index in [0.29, 0.717) is 22.6 Å². The molecule has 0 amide bonds. The molecule has 6 heteroatoms. The van der Waals surface area contributed by atoms with Gasteiger partial charge >= 0.3 is 5.97 Å². The quantitative estimate of drug-likeness (QED) is 0.790. The van der Waals surface area contributed by atoms with Crippen molar-refractivity contribution in [2.75, 3.05) is 7.11 Å². The molecule has 0 aliphatic rings. The van der Waals surface area contributed by atoms with Crippen molar-refractivity contribution in [3.8, 4) is 17.2 Å². The number of ether oxygens (including phenoxy) is 2. The summed E-state index contributed by atoms with van der Waals surface area (Å²) in [5, 5.41) is 19.1. The number of carboxylic acid groups (broad SMARTS) is 1. The van der Waals surface area contributed by atoms with Crippen molar-refractivity contribution in [1.29, 1.82) is 0 Å². The zero-order valence-electron chi connectivity index (χ0n) is 13.6. The number of carbonyl (C=O) groups excluding carboxylic acids is 1. The summed E-state index contributed by atoms with van der Waals surface area (Å²) in [6.07, 6.45) is 0. The third kappa shape index (κ3) is 3.48. The van der Waals surface area contributed by atoms with Gasteiger partial charge in [-0.15, -0.1) is 0 Å². The van der Waals surface area contributed by atoms with Crippen LogP contribution in [-0.4, -0.2) is 29.1 Å². The van der Waals surface area contributed by atoms with E-state index in [0.717, 1.165) is 0 Å². The van der Waals surface area contributed by atoms with Gasteiger partial charge in [-0.05, 0) is 38.1 Å². The maximum absolute atomic E-state index is 11.4. The summed E-state index contributed by atoms with van der Waals surface area (Å²) >= 11 is 0. The first-order chi connectivity index (χ1) is 11.3. The first-order valence-electron chi connectivity index (χ1n) is 7.21. The standard InChI is InChI=1S/C18H18O6/c1-10-15(7-6-14(11(2)19)17(10)20)24-9-13-5-4-12(18(21)22)8-16(13)23-3/h4-8,20H,9H2,1-3H3,(H,21,22). The molecule has 2 aromatic carbocycles. The van der Waals surface area contributed by atoms with Gasteiger partial charge < -0.3 is 19.7 Å². The minimum atomic E-state index is -1.04. The van der Waals surface area contributed by atoms with Crippen LogP contribution in [0.15, 0.2) is 30.3 Å². The lowest BCUT2D eigenvalue weighted by Crippen LogP contribution is -2.03. The second-order valence-corrected chi connectivity index (χ2v) is 5.26. The number of carboxylic acids is 1. The molecule has 0 aliphatic carbocycles. The Morgan fingerprint density at radius 3 is 2.42 bits per heavy atom. The smallest absolute Gasteiger partial charge is 0.335 e. The molecule has 6 nitrogen and oxygen atoms in total. The van der Waals surface area contributed by atoms with Crippen molar-refractivity contribution in [2.24, 2.45) is 0 Å². The fourth-order valence-corrected chi connectivity index (χ4v) is 2.27. The Balaban J connectivity index is 2.24. The SMILES string of the molecule is COc1cc(C(=O)O)ccc1COc1ccc(C(C)=O)c(O)c1C. The largest absolute Gasteiger partial charge is 0.507 e. The van der Waals surface area contributed by atoms with Crippen molar-refractivity contribution in [3.63, 3.8) is 0 Å². The number of rotatable bonds is 6. The number of methoxy groups -OCH3 is 1. The molecule has 0 spiro atoms. The maximum atomic E-state index is 11.4. The number of phenolic OH excluding ortho intramolecular Hbond substituents is 1. The molecule has 0 unspecified atom stereocenters. The Bertz CT molecular complexity index is 794. The Morgan fingerprint density at radius 1 is 1.12 bits per heavy atom. The van der Waals surface area contributed by atoms with Crippen LogP contribution in [0, 0.1) is 6.92 Å². The Morgan fingerprint density at radius 2 is 1.83 bits per heavy atom. The average molecular weight is 330 g/mol. The molecule has 0 radical (unpaired) electrons. The molecule has 2 aromatic rings. The number of hydrogen-bond donors (Lipinski definition) is 2. The van der Waals surface area contributed by atoms with Gasteiger partial charge in [-0.3, -0.25) is 4.79 Å². The number of aromatic hydroxyl groups is 1. The van der Waals surface area contributed by atoms with Crippen molar-refractivity contribution < 1.29 is 29.3 Å². The summed E-state index contributed by atoms with van der Waals surface area (Å²) in [5.41, 5.74) is 1.49. The zero-order valence-corrected chi connectivity index (χ0v) is 13.6. The molecule has 0 heterocycles. The number of ketones is 1. The van der Waals surface area contributed by atoms with E-state index in [2.05, 4.69) is 0 Å². The monoisotopic (exact) mass is 330 g/mol. The molecule has 0 atom stereocenters. The van der Waals surface area contributed by atoms with Gasteiger partial charge in [0.25, 0.3) is 0 Å². The fraction of sp³-hybridized carbons (Fsp3) is 0.222. The Kier molecular flexibility index (Phi) is 5.08. The predicted octanol–water partition coefficient (Wildman–Crippen LogP) is 3.19. The first kappa shape index (κ1) is 17.3. The first-order valence-corrected chi connectivity index (χ1v) is 7.21. The summed E-state index contributed by atoms with van der Waals surface area (Å²) in [7, 11) is 1.45. The summed E-state index contributed by atoms with van der Waals surface area (Å²) < 4.78 is 10.9. The van der Waals surface area contributed by atoms with E-state index in [1.807, 2.05) is 0 Å². The molecule has 0 saturated carbocycles. The van der Waals surface area contributed by atoms with Gasteiger partial charge in [-0.1, -0.05) is 6.07 Å². The molecule has 2 rings (SSSR count).